The number of rotatable bonds is 7. The monoisotopic (exact) mass is 325 g/mol. The largest absolute Gasteiger partial charge is 0.464 e. The van der Waals surface area contributed by atoms with Crippen LogP contribution in [0.5, 0.6) is 11.5 Å². The predicted octanol–water partition coefficient (Wildman–Crippen LogP) is 1.98. The highest BCUT2D eigenvalue weighted by Gasteiger charge is 2.25. The van der Waals surface area contributed by atoms with Gasteiger partial charge in [0.15, 0.2) is 25.1 Å². The maximum absolute atomic E-state index is 11.5. The van der Waals surface area contributed by atoms with Gasteiger partial charge in [0.05, 0.1) is 4.91 Å². The Bertz CT molecular complexity index is 601. The first-order valence-electron chi connectivity index (χ1n) is 6.26. The van der Waals surface area contributed by atoms with Gasteiger partial charge in [-0.25, -0.2) is 0 Å². The van der Waals surface area contributed by atoms with Gasteiger partial charge < -0.3 is 18.9 Å². The van der Waals surface area contributed by atoms with Crippen molar-refractivity contribution >= 4 is 29.0 Å². The van der Waals surface area contributed by atoms with Crippen LogP contribution < -0.4 is 14.8 Å². The smallest absolute Gasteiger partial charge is 0.290 e. The van der Waals surface area contributed by atoms with Gasteiger partial charge in [0.2, 0.25) is 0 Å². The van der Waals surface area contributed by atoms with E-state index in [1.807, 2.05) is 0 Å². The fourth-order valence-electron chi connectivity index (χ4n) is 1.66. The number of imide groups is 1. The summed E-state index contributed by atoms with van der Waals surface area (Å²) in [5, 5.41) is 1.82. The van der Waals surface area contributed by atoms with Crippen LogP contribution in [0.4, 0.5) is 4.79 Å². The molecule has 0 atom stereocenters. The van der Waals surface area contributed by atoms with Crippen LogP contribution in [0.2, 0.25) is 0 Å². The van der Waals surface area contributed by atoms with Crippen molar-refractivity contribution in [1.82, 2.24) is 5.32 Å². The first-order chi connectivity index (χ1) is 10.6. The van der Waals surface area contributed by atoms with Gasteiger partial charge in [-0.05, 0) is 35.5 Å². The summed E-state index contributed by atoms with van der Waals surface area (Å²) in [7, 11) is 3.02. The van der Waals surface area contributed by atoms with Crippen LogP contribution in [0.1, 0.15) is 5.56 Å². The van der Waals surface area contributed by atoms with E-state index in [4.69, 9.17) is 18.9 Å². The zero-order chi connectivity index (χ0) is 15.9. The van der Waals surface area contributed by atoms with Crippen molar-refractivity contribution in [2.24, 2.45) is 0 Å². The van der Waals surface area contributed by atoms with Crippen LogP contribution >= 0.6 is 11.8 Å². The number of thioether (sulfide) groups is 1. The Balaban J connectivity index is 2.23. The van der Waals surface area contributed by atoms with E-state index in [9.17, 15) is 9.59 Å². The normalized spacial score (nSPS) is 16.0. The molecule has 1 fully saturated rings. The molecule has 1 N–H and O–H groups in total. The van der Waals surface area contributed by atoms with Crippen molar-refractivity contribution in [3.63, 3.8) is 0 Å². The minimum absolute atomic E-state index is 0.0527. The summed E-state index contributed by atoms with van der Waals surface area (Å²) in [6.45, 7) is 0.133. The Morgan fingerprint density at radius 3 is 2.36 bits per heavy atom. The number of benzene rings is 1. The highest BCUT2D eigenvalue weighted by Crippen LogP contribution is 2.31. The molecule has 1 aromatic rings. The van der Waals surface area contributed by atoms with Crippen LogP contribution in [0.3, 0.4) is 0 Å². The summed E-state index contributed by atoms with van der Waals surface area (Å²) in [5.41, 5.74) is 0.697. The third-order valence-corrected chi connectivity index (χ3v) is 3.38. The molecule has 0 saturated carbocycles. The molecule has 0 unspecified atom stereocenters. The highest BCUT2D eigenvalue weighted by molar-refractivity contribution is 8.18. The Morgan fingerprint density at radius 2 is 1.77 bits per heavy atom. The second-order valence-corrected chi connectivity index (χ2v) is 5.17. The van der Waals surface area contributed by atoms with E-state index < -0.39 is 5.91 Å². The van der Waals surface area contributed by atoms with Crippen molar-refractivity contribution in [2.75, 3.05) is 27.8 Å². The summed E-state index contributed by atoms with van der Waals surface area (Å²) in [4.78, 5) is 23.0. The minimum atomic E-state index is -0.408. The molecule has 8 heteroatoms. The molecule has 0 bridgehead atoms. The Labute approximate surface area is 131 Å². The number of hydrogen-bond donors (Lipinski definition) is 1. The van der Waals surface area contributed by atoms with E-state index in [-0.39, 0.29) is 18.8 Å². The maximum atomic E-state index is 11.5. The van der Waals surface area contributed by atoms with Crippen molar-refractivity contribution in [2.45, 2.75) is 0 Å². The molecular weight excluding hydrogens is 310 g/mol. The third-order valence-electron chi connectivity index (χ3n) is 2.57. The van der Waals surface area contributed by atoms with Gasteiger partial charge in [0, 0.05) is 14.2 Å². The van der Waals surface area contributed by atoms with Crippen LogP contribution in [0, 0.1) is 0 Å². The minimum Gasteiger partial charge on any atom is -0.464 e. The molecule has 1 aliphatic heterocycles. The lowest BCUT2D eigenvalue weighted by atomic mass is 10.2. The second-order valence-electron chi connectivity index (χ2n) is 4.16. The Hall–Kier alpha value is -2.03. The van der Waals surface area contributed by atoms with Crippen molar-refractivity contribution < 1.29 is 28.5 Å². The van der Waals surface area contributed by atoms with Gasteiger partial charge in [-0.2, -0.15) is 0 Å². The number of amides is 2. The fourth-order valence-corrected chi connectivity index (χ4v) is 2.35. The summed E-state index contributed by atoms with van der Waals surface area (Å²) in [5.74, 6) is 0.526. The molecule has 2 amide bonds. The Morgan fingerprint density at radius 1 is 1.09 bits per heavy atom. The molecule has 118 valence electrons. The average molecular weight is 325 g/mol. The lowest BCUT2D eigenvalue weighted by molar-refractivity contribution is -0.115. The molecule has 7 nitrogen and oxygen atoms in total. The van der Waals surface area contributed by atoms with Gasteiger partial charge >= 0.3 is 0 Å². The van der Waals surface area contributed by atoms with Crippen LogP contribution in [0.25, 0.3) is 6.08 Å². The number of ether oxygens (including phenoxy) is 4. The van der Waals surface area contributed by atoms with E-state index in [2.05, 4.69) is 5.32 Å². The highest BCUT2D eigenvalue weighted by atomic mass is 32.2. The summed E-state index contributed by atoms with van der Waals surface area (Å²) in [6, 6.07) is 5.12. The Kier molecular flexibility index (Phi) is 5.82. The molecule has 22 heavy (non-hydrogen) atoms. The topological polar surface area (TPSA) is 83.1 Å². The zero-order valence-electron chi connectivity index (χ0n) is 12.1. The first kappa shape index (κ1) is 16.3. The van der Waals surface area contributed by atoms with Gasteiger partial charge in [0.1, 0.15) is 0 Å². The van der Waals surface area contributed by atoms with Gasteiger partial charge in [0.25, 0.3) is 11.1 Å². The quantitative estimate of drug-likeness (QED) is 0.606. The van der Waals surface area contributed by atoms with Gasteiger partial charge in [-0.15, -0.1) is 0 Å². The molecular formula is C14H15NO6S. The van der Waals surface area contributed by atoms with Gasteiger partial charge in [-0.3, -0.25) is 14.9 Å². The third kappa shape index (κ3) is 4.23. The summed E-state index contributed by atoms with van der Waals surface area (Å²) >= 11 is 0.855. The number of hydrogen-bond acceptors (Lipinski definition) is 7. The van der Waals surface area contributed by atoms with E-state index in [1.165, 1.54) is 14.2 Å². The molecule has 1 saturated heterocycles. The van der Waals surface area contributed by atoms with E-state index in [0.717, 1.165) is 11.8 Å². The van der Waals surface area contributed by atoms with E-state index >= 15 is 0 Å². The predicted molar refractivity (Wildman–Crippen MR) is 80.6 cm³/mol. The van der Waals surface area contributed by atoms with Crippen LogP contribution in [0.15, 0.2) is 23.1 Å². The van der Waals surface area contributed by atoms with E-state index in [1.54, 1.807) is 24.3 Å². The van der Waals surface area contributed by atoms with E-state index in [0.29, 0.717) is 22.0 Å². The van der Waals surface area contributed by atoms with Crippen LogP contribution in [-0.4, -0.2) is 39.0 Å². The molecule has 0 spiro atoms. The molecule has 0 aromatic heterocycles. The van der Waals surface area contributed by atoms with Crippen LogP contribution in [-0.2, 0) is 14.3 Å². The lowest BCUT2D eigenvalue weighted by Crippen LogP contribution is -2.17. The molecule has 1 aromatic carbocycles. The number of nitrogens with one attached hydrogen (secondary N) is 1. The number of methoxy groups -OCH3 is 2. The SMILES string of the molecule is COCOc1ccc(/C=C2/SC(=O)NC2=O)cc1OCOC. The number of carbonyl (C=O) groups is 2. The summed E-state index contributed by atoms with van der Waals surface area (Å²) < 4.78 is 20.5. The van der Waals surface area contributed by atoms with Crippen molar-refractivity contribution in [1.29, 1.82) is 0 Å². The molecule has 2 rings (SSSR count). The zero-order valence-corrected chi connectivity index (χ0v) is 12.9. The summed E-state index contributed by atoms with van der Waals surface area (Å²) in [6.07, 6.45) is 1.60. The van der Waals surface area contributed by atoms with Crippen molar-refractivity contribution in [3.8, 4) is 11.5 Å². The first-order valence-corrected chi connectivity index (χ1v) is 7.08. The molecule has 0 radical (unpaired) electrons. The standard InChI is InChI=1S/C14H15NO6S/c1-18-7-20-10-4-3-9(5-11(10)21-8-19-2)6-12-13(16)15-14(17)22-12/h3-6H,7-8H2,1-2H3,(H,15,16,17)/b12-6+. The molecule has 1 aliphatic rings. The van der Waals surface area contributed by atoms with Gasteiger partial charge in [-0.1, -0.05) is 6.07 Å². The van der Waals surface area contributed by atoms with Crippen molar-refractivity contribution in [3.05, 3.63) is 28.7 Å². The maximum Gasteiger partial charge on any atom is 0.290 e. The number of carbonyl (C=O) groups excluding carboxylic acids is 2. The second kappa shape index (κ2) is 7.83. The fraction of sp³-hybridized carbons (Fsp3) is 0.286. The lowest BCUT2D eigenvalue weighted by Gasteiger charge is -2.12. The molecule has 0 aliphatic carbocycles. The molecule has 1 heterocycles. The average Bonchev–Trinajstić information content (AvgIpc) is 2.81.